The van der Waals surface area contributed by atoms with Crippen LogP contribution >= 0.6 is 15.2 Å². The van der Waals surface area contributed by atoms with Crippen molar-refractivity contribution in [1.82, 2.24) is 39.0 Å². The summed E-state index contributed by atoms with van der Waals surface area (Å²) < 4.78 is 51.8. The predicted molar refractivity (Wildman–Crippen MR) is 147 cm³/mol. The Morgan fingerprint density at radius 1 is 0.682 bits per heavy atom. The van der Waals surface area contributed by atoms with Gasteiger partial charge in [0.05, 0.1) is 12.7 Å². The van der Waals surface area contributed by atoms with Crippen molar-refractivity contribution in [3.63, 3.8) is 0 Å². The second-order valence-electron chi connectivity index (χ2n) is 10.1. The molecule has 2 saturated heterocycles. The molecule has 2 unspecified atom stereocenters. The minimum Gasteiger partial charge on any atom is -0.386 e. The minimum absolute atomic E-state index is 0.0723. The van der Waals surface area contributed by atoms with Crippen LogP contribution in [0.25, 0.3) is 22.3 Å². The Morgan fingerprint density at radius 3 is 1.50 bits per heavy atom. The summed E-state index contributed by atoms with van der Waals surface area (Å²) >= 11 is 0. The normalized spacial score (nSPS) is 39.0. The second kappa shape index (κ2) is 10.5. The maximum Gasteiger partial charge on any atom is 0.351 e. The highest BCUT2D eigenvalue weighted by Gasteiger charge is 2.50. The molecule has 0 aromatic carbocycles. The molecule has 44 heavy (non-hydrogen) atoms. The molecule has 0 radical (unpaired) electrons. The molecular formula is C22H24N10O10P2. The largest absolute Gasteiger partial charge is 0.386 e. The van der Waals surface area contributed by atoms with Crippen molar-refractivity contribution in [3.05, 3.63) is 49.1 Å². The van der Waals surface area contributed by atoms with Gasteiger partial charge in [0.2, 0.25) is 0 Å². The highest BCUT2D eigenvalue weighted by atomic mass is 31.2. The smallest absolute Gasteiger partial charge is 0.351 e. The monoisotopic (exact) mass is 650 g/mol. The number of aromatic nitrogens is 8. The van der Waals surface area contributed by atoms with Crippen LogP contribution in [0.4, 0.5) is 11.6 Å². The molecule has 7 rings (SSSR count). The van der Waals surface area contributed by atoms with Crippen molar-refractivity contribution in [2.75, 3.05) is 11.5 Å². The van der Waals surface area contributed by atoms with Gasteiger partial charge in [0.25, 0.3) is 0 Å². The summed E-state index contributed by atoms with van der Waals surface area (Å²) in [5.74, 6) is 1.67. The highest BCUT2D eigenvalue weighted by molar-refractivity contribution is 7.56. The number of nitrogens with two attached hydrogens (primary N) is 2. The van der Waals surface area contributed by atoms with Crippen LogP contribution in [0.5, 0.6) is 0 Å². The molecule has 3 aliphatic heterocycles. The van der Waals surface area contributed by atoms with E-state index in [-0.39, 0.29) is 34.0 Å². The number of hydrogen-bond donors (Lipinski definition) is 6. The summed E-state index contributed by atoms with van der Waals surface area (Å²) in [6, 6.07) is 0. The maximum atomic E-state index is 13.2. The van der Waals surface area contributed by atoms with Gasteiger partial charge in [-0.2, -0.15) is 0 Å². The fourth-order valence-electron chi connectivity index (χ4n) is 5.28. The van der Waals surface area contributed by atoms with Crippen molar-refractivity contribution < 1.29 is 47.7 Å². The molecule has 0 aliphatic carbocycles. The number of aliphatic hydroxyl groups is 2. The number of imidazole rings is 2. The van der Waals surface area contributed by atoms with Gasteiger partial charge in [-0.1, -0.05) is 0 Å². The standard InChI is InChI=1S/C22H24N10O10P2/c23-17-11-19(27-5-25-17)31(7-29-11)21-13(33)15-9(39-21)1-3-43(35,36)42-16-10(2-4-44(37,38)41-15)40-22(14(16)34)32-8-30-12-18(24)26-6-28-20(12)32/h1-10,13-16,21-22,33-34H,(H,35,36)(H,37,38)(H2,23,25,27)(H2,24,26,28)/b3-1-,4-2-/t9-,10-,13-,14-,15-,16-,21-,22-/m1/s1. The van der Waals surface area contributed by atoms with Gasteiger partial charge < -0.3 is 40.9 Å². The molecule has 0 saturated carbocycles. The summed E-state index contributed by atoms with van der Waals surface area (Å²) in [7, 11) is -9.32. The zero-order valence-corrected chi connectivity index (χ0v) is 23.9. The van der Waals surface area contributed by atoms with Gasteiger partial charge in [-0.05, 0) is 12.2 Å². The molecule has 8 N–H and O–H groups in total. The summed E-state index contributed by atoms with van der Waals surface area (Å²) in [6.45, 7) is 0. The van der Waals surface area contributed by atoms with E-state index in [9.17, 15) is 29.1 Å². The Hall–Kier alpha value is -3.68. The van der Waals surface area contributed by atoms with E-state index in [2.05, 4.69) is 29.9 Å². The molecular weight excluding hydrogens is 626 g/mol. The number of anilines is 2. The SMILES string of the molecule is Nc1ncnc2c1ncn2[C@@H]1O[C@@H]2/C=C\P(=O)(O)O[C@H]3[C@@H](O)[C@H](n4cnc5c(N)ncnc54)O[C@@H]3/C=C\P(=O)(O)O[C@H]2[C@H]1O. The number of nitrogens with zero attached hydrogens (tertiary/aromatic N) is 8. The van der Waals surface area contributed by atoms with Crippen LogP contribution < -0.4 is 11.5 Å². The zero-order valence-electron chi connectivity index (χ0n) is 22.1. The van der Waals surface area contributed by atoms with Crippen molar-refractivity contribution in [3.8, 4) is 0 Å². The first-order valence-electron chi connectivity index (χ1n) is 12.9. The topological polar surface area (TPSA) is 291 Å². The van der Waals surface area contributed by atoms with Crippen LogP contribution in [-0.4, -0.2) is 95.7 Å². The average Bonchev–Trinajstić information content (AvgIpc) is 3.73. The lowest BCUT2D eigenvalue weighted by molar-refractivity contribution is -0.0245. The van der Waals surface area contributed by atoms with Crippen molar-refractivity contribution >= 4 is 49.2 Å². The Kier molecular flexibility index (Phi) is 6.90. The van der Waals surface area contributed by atoms with E-state index in [0.29, 0.717) is 0 Å². The van der Waals surface area contributed by atoms with Crippen LogP contribution in [-0.2, 0) is 27.7 Å². The van der Waals surface area contributed by atoms with E-state index in [1.807, 2.05) is 0 Å². The highest BCUT2D eigenvalue weighted by Crippen LogP contribution is 2.53. The minimum atomic E-state index is -4.66. The van der Waals surface area contributed by atoms with Crippen molar-refractivity contribution in [2.45, 2.75) is 49.1 Å². The maximum absolute atomic E-state index is 13.2. The molecule has 7 heterocycles. The summed E-state index contributed by atoms with van der Waals surface area (Å²) in [6.07, 6.45) is -4.41. The number of nitrogen functional groups attached to an aromatic ring is 2. The second-order valence-corrected chi connectivity index (χ2v) is 13.4. The molecule has 22 heteroatoms. The summed E-state index contributed by atoms with van der Waals surface area (Å²) in [4.78, 5) is 45.7. The third-order valence-corrected chi connectivity index (χ3v) is 9.48. The van der Waals surface area contributed by atoms with Gasteiger partial charge >= 0.3 is 15.2 Å². The summed E-state index contributed by atoms with van der Waals surface area (Å²) in [5, 5.41) is 22.3. The first kappa shape index (κ1) is 29.1. The predicted octanol–water partition coefficient (Wildman–Crippen LogP) is -0.471. The number of aliphatic hydroxyl groups excluding tert-OH is 2. The molecule has 4 aromatic rings. The number of hydrogen-bond acceptors (Lipinski definition) is 16. The van der Waals surface area contributed by atoms with Crippen LogP contribution in [0.2, 0.25) is 0 Å². The molecule has 2 fully saturated rings. The quantitative estimate of drug-likeness (QED) is 0.149. The lowest BCUT2D eigenvalue weighted by Gasteiger charge is -2.24. The van der Waals surface area contributed by atoms with Crippen LogP contribution in [0.1, 0.15) is 12.5 Å². The molecule has 232 valence electrons. The van der Waals surface area contributed by atoms with Crippen molar-refractivity contribution in [2.24, 2.45) is 0 Å². The number of fused-ring (bicyclic) bond motifs is 4. The Balaban J connectivity index is 1.22. The molecule has 0 bridgehead atoms. The van der Waals surface area contributed by atoms with E-state index in [1.165, 1.54) is 34.4 Å². The molecule has 10 atom stereocenters. The van der Waals surface area contributed by atoms with E-state index >= 15 is 0 Å². The Labute approximate surface area is 245 Å². The van der Waals surface area contributed by atoms with Crippen LogP contribution in [0.3, 0.4) is 0 Å². The Bertz CT molecular complexity index is 1780. The molecule has 20 nitrogen and oxygen atoms in total. The number of rotatable bonds is 2. The summed E-state index contributed by atoms with van der Waals surface area (Å²) in [5.41, 5.74) is 12.5. The molecule has 4 aromatic heterocycles. The lowest BCUT2D eigenvalue weighted by Crippen LogP contribution is -2.34. The van der Waals surface area contributed by atoms with Gasteiger partial charge in [0, 0.05) is 11.6 Å². The van der Waals surface area contributed by atoms with E-state index in [4.69, 9.17) is 30.0 Å². The van der Waals surface area contributed by atoms with E-state index < -0.39 is 64.3 Å². The third-order valence-electron chi connectivity index (χ3n) is 7.29. The fourth-order valence-corrected chi connectivity index (χ4v) is 7.39. The van der Waals surface area contributed by atoms with Gasteiger partial charge in [0.1, 0.15) is 60.3 Å². The van der Waals surface area contributed by atoms with E-state index in [1.54, 1.807) is 0 Å². The molecule has 0 spiro atoms. The third kappa shape index (κ3) is 4.90. The van der Waals surface area contributed by atoms with Crippen LogP contribution in [0.15, 0.2) is 49.1 Å². The van der Waals surface area contributed by atoms with Gasteiger partial charge in [-0.15, -0.1) is 0 Å². The Morgan fingerprint density at radius 2 is 1.09 bits per heavy atom. The molecule has 3 aliphatic rings. The molecule has 0 amide bonds. The van der Waals surface area contributed by atoms with E-state index in [0.717, 1.165) is 23.8 Å². The zero-order chi connectivity index (χ0) is 31.0. The van der Waals surface area contributed by atoms with Gasteiger partial charge in [0.15, 0.2) is 35.4 Å². The average molecular weight is 650 g/mol. The first-order chi connectivity index (χ1) is 20.9. The lowest BCUT2D eigenvalue weighted by atomic mass is 10.1. The van der Waals surface area contributed by atoms with Crippen LogP contribution in [0, 0.1) is 0 Å². The van der Waals surface area contributed by atoms with Gasteiger partial charge in [-0.25, -0.2) is 29.9 Å². The fraction of sp³-hybridized carbons (Fsp3) is 0.364. The van der Waals surface area contributed by atoms with Gasteiger partial charge in [-0.3, -0.25) is 27.3 Å². The first-order valence-corrected chi connectivity index (χ1v) is 16.2. The number of ether oxygens (including phenoxy) is 2. The van der Waals surface area contributed by atoms with Crippen molar-refractivity contribution in [1.29, 1.82) is 0 Å².